The molecule has 4 nitrogen and oxygen atoms in total. The number of nitrogens with zero attached hydrogens (tertiary/aromatic N) is 2. The molecule has 1 atom stereocenters. The lowest BCUT2D eigenvalue weighted by atomic mass is 10.1. The molecule has 2 N–H and O–H groups in total. The van der Waals surface area contributed by atoms with Gasteiger partial charge >= 0.3 is 0 Å². The molecule has 1 heterocycles. The molecule has 0 bridgehead atoms. The zero-order chi connectivity index (χ0) is 15.4. The van der Waals surface area contributed by atoms with E-state index in [9.17, 15) is 0 Å². The molecule has 0 amide bonds. The van der Waals surface area contributed by atoms with Crippen molar-refractivity contribution < 1.29 is 0 Å². The lowest BCUT2D eigenvalue weighted by Crippen LogP contribution is -2.13. The summed E-state index contributed by atoms with van der Waals surface area (Å²) in [5, 5.41) is 6.76. The average molecular weight is 349 g/mol. The van der Waals surface area contributed by atoms with Crippen LogP contribution in [0.2, 0.25) is 0 Å². The molecule has 0 saturated carbocycles. The second-order valence-electron chi connectivity index (χ2n) is 5.04. The highest BCUT2D eigenvalue weighted by atomic mass is 79.9. The van der Waals surface area contributed by atoms with Crippen molar-refractivity contribution in [2.75, 3.05) is 17.2 Å². The Bertz CT molecular complexity index is 628. The van der Waals surface area contributed by atoms with E-state index in [1.807, 2.05) is 26.0 Å². The van der Waals surface area contributed by atoms with Gasteiger partial charge in [0, 0.05) is 22.6 Å². The van der Waals surface area contributed by atoms with Crippen LogP contribution in [-0.4, -0.2) is 16.5 Å². The molecule has 2 aromatic rings. The Morgan fingerprint density at radius 1 is 1.19 bits per heavy atom. The average Bonchev–Trinajstić information content (AvgIpc) is 2.44. The van der Waals surface area contributed by atoms with Gasteiger partial charge in [-0.25, -0.2) is 9.97 Å². The fourth-order valence-corrected chi connectivity index (χ4v) is 2.59. The third-order valence-corrected chi connectivity index (χ3v) is 3.80. The molecule has 1 aromatic heterocycles. The van der Waals surface area contributed by atoms with Gasteiger partial charge in [-0.3, -0.25) is 0 Å². The van der Waals surface area contributed by atoms with Crippen molar-refractivity contribution in [1.29, 1.82) is 0 Å². The second-order valence-corrected chi connectivity index (χ2v) is 5.96. The maximum absolute atomic E-state index is 4.53. The van der Waals surface area contributed by atoms with E-state index in [4.69, 9.17) is 0 Å². The van der Waals surface area contributed by atoms with Gasteiger partial charge in [0.2, 0.25) is 0 Å². The highest BCUT2D eigenvalue weighted by molar-refractivity contribution is 9.10. The van der Waals surface area contributed by atoms with Gasteiger partial charge in [0.15, 0.2) is 0 Å². The van der Waals surface area contributed by atoms with Crippen molar-refractivity contribution in [1.82, 2.24) is 9.97 Å². The molecule has 5 heteroatoms. The molecule has 0 spiro atoms. The van der Waals surface area contributed by atoms with Gasteiger partial charge in [-0.15, -0.1) is 0 Å². The fraction of sp³-hybridized carbons (Fsp3) is 0.375. The van der Waals surface area contributed by atoms with E-state index < -0.39 is 0 Å². The van der Waals surface area contributed by atoms with E-state index in [1.165, 1.54) is 5.56 Å². The summed E-state index contributed by atoms with van der Waals surface area (Å²) in [6, 6.07) is 8.47. The minimum absolute atomic E-state index is 0.171. The first-order valence-electron chi connectivity index (χ1n) is 7.12. The summed E-state index contributed by atoms with van der Waals surface area (Å²) in [5.41, 5.74) is 2.26. The van der Waals surface area contributed by atoms with Crippen LogP contribution >= 0.6 is 15.9 Å². The van der Waals surface area contributed by atoms with Crippen LogP contribution in [0.15, 0.2) is 28.7 Å². The summed E-state index contributed by atoms with van der Waals surface area (Å²) >= 11 is 3.51. The normalized spacial score (nSPS) is 12.0. The molecule has 0 radical (unpaired) electrons. The SMILES string of the molecule is CCNc1nc(C)nc(NC(C)c2cccc(Br)c2)c1C. The lowest BCUT2D eigenvalue weighted by Gasteiger charge is -2.19. The third kappa shape index (κ3) is 3.94. The standard InChI is InChI=1S/C16H21BrN4/c1-5-18-15-10(2)16(21-12(4)20-15)19-11(3)13-7-6-8-14(17)9-13/h6-9,11H,5H2,1-4H3,(H2,18,19,20,21). The molecular formula is C16H21BrN4. The Labute approximate surface area is 134 Å². The van der Waals surface area contributed by atoms with Gasteiger partial charge in [-0.1, -0.05) is 28.1 Å². The van der Waals surface area contributed by atoms with Gasteiger partial charge in [0.05, 0.1) is 0 Å². The van der Waals surface area contributed by atoms with Crippen molar-refractivity contribution in [2.24, 2.45) is 0 Å². The Hall–Kier alpha value is -1.62. The van der Waals surface area contributed by atoms with Gasteiger partial charge in [0.1, 0.15) is 17.5 Å². The molecule has 21 heavy (non-hydrogen) atoms. The van der Waals surface area contributed by atoms with Crippen LogP contribution in [0.5, 0.6) is 0 Å². The van der Waals surface area contributed by atoms with E-state index in [0.29, 0.717) is 0 Å². The number of hydrogen-bond donors (Lipinski definition) is 2. The van der Waals surface area contributed by atoms with Gasteiger partial charge in [0.25, 0.3) is 0 Å². The summed E-state index contributed by atoms with van der Waals surface area (Å²) in [5.74, 6) is 2.54. The molecule has 1 aromatic carbocycles. The quantitative estimate of drug-likeness (QED) is 0.837. The second kappa shape index (κ2) is 6.89. The smallest absolute Gasteiger partial charge is 0.135 e. The van der Waals surface area contributed by atoms with Crippen LogP contribution in [0.3, 0.4) is 0 Å². The van der Waals surface area contributed by atoms with Crippen LogP contribution in [0.4, 0.5) is 11.6 Å². The number of anilines is 2. The highest BCUT2D eigenvalue weighted by Gasteiger charge is 2.12. The summed E-state index contributed by atoms with van der Waals surface area (Å²) in [4.78, 5) is 8.98. The number of rotatable bonds is 5. The van der Waals surface area contributed by atoms with Gasteiger partial charge in [-0.2, -0.15) is 0 Å². The van der Waals surface area contributed by atoms with Crippen molar-refractivity contribution in [3.05, 3.63) is 45.7 Å². The zero-order valence-corrected chi connectivity index (χ0v) is 14.5. The maximum Gasteiger partial charge on any atom is 0.135 e. The van der Waals surface area contributed by atoms with Gasteiger partial charge in [-0.05, 0) is 45.4 Å². The molecule has 0 fully saturated rings. The van der Waals surface area contributed by atoms with Crippen molar-refractivity contribution >= 4 is 27.6 Å². The molecule has 0 aliphatic rings. The monoisotopic (exact) mass is 348 g/mol. The first kappa shape index (κ1) is 15.8. The van der Waals surface area contributed by atoms with Crippen LogP contribution in [0.1, 0.15) is 36.8 Å². The predicted octanol–water partition coefficient (Wildman–Crippen LogP) is 4.46. The number of halogens is 1. The van der Waals surface area contributed by atoms with Crippen LogP contribution in [-0.2, 0) is 0 Å². The third-order valence-electron chi connectivity index (χ3n) is 3.30. The first-order valence-corrected chi connectivity index (χ1v) is 7.91. The maximum atomic E-state index is 4.53. The summed E-state index contributed by atoms with van der Waals surface area (Å²) < 4.78 is 1.08. The Morgan fingerprint density at radius 2 is 1.90 bits per heavy atom. The van der Waals surface area contributed by atoms with Crippen LogP contribution < -0.4 is 10.6 Å². The van der Waals surface area contributed by atoms with E-state index in [1.54, 1.807) is 0 Å². The number of aromatic nitrogens is 2. The van der Waals surface area contributed by atoms with E-state index >= 15 is 0 Å². The van der Waals surface area contributed by atoms with E-state index in [2.05, 4.69) is 62.5 Å². The van der Waals surface area contributed by atoms with Crippen molar-refractivity contribution in [3.63, 3.8) is 0 Å². The Kier molecular flexibility index (Phi) is 5.17. The first-order chi connectivity index (χ1) is 10.0. The van der Waals surface area contributed by atoms with Crippen molar-refractivity contribution in [3.8, 4) is 0 Å². The fourth-order valence-electron chi connectivity index (χ4n) is 2.17. The van der Waals surface area contributed by atoms with E-state index in [-0.39, 0.29) is 6.04 Å². The molecule has 0 aliphatic carbocycles. The zero-order valence-electron chi connectivity index (χ0n) is 12.9. The number of aryl methyl sites for hydroxylation is 1. The predicted molar refractivity (Wildman–Crippen MR) is 91.8 cm³/mol. The Balaban J connectivity index is 2.26. The molecule has 2 rings (SSSR count). The van der Waals surface area contributed by atoms with E-state index in [0.717, 1.165) is 34.0 Å². The Morgan fingerprint density at radius 3 is 2.57 bits per heavy atom. The molecule has 0 saturated heterocycles. The topological polar surface area (TPSA) is 49.8 Å². The number of hydrogen-bond acceptors (Lipinski definition) is 4. The number of nitrogens with one attached hydrogen (secondary N) is 2. The molecule has 1 unspecified atom stereocenters. The largest absolute Gasteiger partial charge is 0.370 e. The number of benzene rings is 1. The molecule has 112 valence electrons. The van der Waals surface area contributed by atoms with Crippen LogP contribution in [0, 0.1) is 13.8 Å². The highest BCUT2D eigenvalue weighted by Crippen LogP contribution is 2.25. The lowest BCUT2D eigenvalue weighted by molar-refractivity contribution is 0.861. The summed E-state index contributed by atoms with van der Waals surface area (Å²) in [6.45, 7) is 8.99. The van der Waals surface area contributed by atoms with Crippen LogP contribution in [0.25, 0.3) is 0 Å². The molecular weight excluding hydrogens is 328 g/mol. The van der Waals surface area contributed by atoms with Gasteiger partial charge < -0.3 is 10.6 Å². The minimum atomic E-state index is 0.171. The minimum Gasteiger partial charge on any atom is -0.370 e. The molecule has 0 aliphatic heterocycles. The summed E-state index contributed by atoms with van der Waals surface area (Å²) in [6.07, 6.45) is 0. The van der Waals surface area contributed by atoms with Crippen molar-refractivity contribution in [2.45, 2.75) is 33.7 Å². The summed E-state index contributed by atoms with van der Waals surface area (Å²) in [7, 11) is 0.